The van der Waals surface area contributed by atoms with E-state index < -0.39 is 0 Å². The monoisotopic (exact) mass is 214 g/mol. The molecule has 1 aliphatic carbocycles. The van der Waals surface area contributed by atoms with E-state index in [9.17, 15) is 4.79 Å². The zero-order valence-corrected chi connectivity index (χ0v) is 9.55. The van der Waals surface area contributed by atoms with Crippen LogP contribution in [-0.4, -0.2) is 25.3 Å². The molecule has 3 N–H and O–H groups in total. The SMILES string of the molecule is COC(=O)NC1(CN)CCCCCCC1. The maximum Gasteiger partial charge on any atom is 0.407 e. The second-order valence-corrected chi connectivity index (χ2v) is 4.37. The molecule has 0 bridgehead atoms. The number of nitrogens with two attached hydrogens (primary N) is 1. The second kappa shape index (κ2) is 5.95. The molecule has 0 radical (unpaired) electrons. The molecule has 1 aliphatic rings. The van der Waals surface area contributed by atoms with Gasteiger partial charge in [0.1, 0.15) is 0 Å². The lowest BCUT2D eigenvalue weighted by molar-refractivity contribution is 0.148. The Morgan fingerprint density at radius 3 is 2.27 bits per heavy atom. The van der Waals surface area contributed by atoms with Crippen molar-refractivity contribution in [1.82, 2.24) is 5.32 Å². The molecule has 0 spiro atoms. The molecule has 1 saturated carbocycles. The van der Waals surface area contributed by atoms with Crippen LogP contribution < -0.4 is 11.1 Å². The molecule has 0 heterocycles. The summed E-state index contributed by atoms with van der Waals surface area (Å²) in [7, 11) is 1.39. The summed E-state index contributed by atoms with van der Waals surface area (Å²) in [6, 6.07) is 0. The Hall–Kier alpha value is -0.770. The first-order chi connectivity index (χ1) is 7.22. The highest BCUT2D eigenvalue weighted by Gasteiger charge is 2.30. The number of alkyl carbamates (subject to hydrolysis) is 1. The van der Waals surface area contributed by atoms with E-state index in [1.165, 1.54) is 26.4 Å². The van der Waals surface area contributed by atoms with Crippen LogP contribution in [0.2, 0.25) is 0 Å². The molecule has 0 aromatic rings. The van der Waals surface area contributed by atoms with Crippen molar-refractivity contribution in [3.8, 4) is 0 Å². The topological polar surface area (TPSA) is 64.3 Å². The van der Waals surface area contributed by atoms with Crippen LogP contribution in [0.5, 0.6) is 0 Å². The summed E-state index contributed by atoms with van der Waals surface area (Å²) >= 11 is 0. The number of rotatable bonds is 2. The zero-order valence-electron chi connectivity index (χ0n) is 9.55. The van der Waals surface area contributed by atoms with Crippen molar-refractivity contribution in [3.05, 3.63) is 0 Å². The molecule has 1 amide bonds. The van der Waals surface area contributed by atoms with E-state index in [0.29, 0.717) is 6.54 Å². The summed E-state index contributed by atoms with van der Waals surface area (Å²) in [5, 5.41) is 2.91. The first-order valence-electron chi connectivity index (χ1n) is 5.79. The Bertz CT molecular complexity index is 199. The minimum atomic E-state index is -0.360. The van der Waals surface area contributed by atoms with Gasteiger partial charge in [-0.25, -0.2) is 4.79 Å². The van der Waals surface area contributed by atoms with Crippen molar-refractivity contribution in [2.45, 2.75) is 50.5 Å². The van der Waals surface area contributed by atoms with Crippen molar-refractivity contribution in [3.63, 3.8) is 0 Å². The van der Waals surface area contributed by atoms with Crippen molar-refractivity contribution < 1.29 is 9.53 Å². The summed E-state index contributed by atoms with van der Waals surface area (Å²) < 4.78 is 4.65. The number of carbonyl (C=O) groups is 1. The lowest BCUT2D eigenvalue weighted by atomic mass is 9.84. The van der Waals surface area contributed by atoms with Crippen LogP contribution in [0.25, 0.3) is 0 Å². The van der Waals surface area contributed by atoms with E-state index >= 15 is 0 Å². The van der Waals surface area contributed by atoms with E-state index in [2.05, 4.69) is 10.1 Å². The Labute approximate surface area is 91.5 Å². The van der Waals surface area contributed by atoms with Crippen molar-refractivity contribution in [2.75, 3.05) is 13.7 Å². The second-order valence-electron chi connectivity index (χ2n) is 4.37. The molecular weight excluding hydrogens is 192 g/mol. The third-order valence-corrected chi connectivity index (χ3v) is 3.25. The number of amides is 1. The minimum absolute atomic E-state index is 0.229. The third kappa shape index (κ3) is 3.70. The maximum atomic E-state index is 11.3. The van der Waals surface area contributed by atoms with Crippen LogP contribution in [0.4, 0.5) is 4.79 Å². The van der Waals surface area contributed by atoms with Gasteiger partial charge in [-0.3, -0.25) is 0 Å². The summed E-state index contributed by atoms with van der Waals surface area (Å²) in [6.45, 7) is 0.502. The fourth-order valence-corrected chi connectivity index (χ4v) is 2.23. The van der Waals surface area contributed by atoms with Crippen LogP contribution in [0.3, 0.4) is 0 Å². The van der Waals surface area contributed by atoms with Gasteiger partial charge < -0.3 is 15.8 Å². The number of ether oxygens (including phenoxy) is 1. The number of hydrogen-bond donors (Lipinski definition) is 2. The average molecular weight is 214 g/mol. The third-order valence-electron chi connectivity index (χ3n) is 3.25. The Kier molecular flexibility index (Phi) is 4.88. The number of methoxy groups -OCH3 is 1. The molecular formula is C11H22N2O2. The average Bonchev–Trinajstić information content (AvgIpc) is 2.22. The maximum absolute atomic E-state index is 11.3. The van der Waals surface area contributed by atoms with Gasteiger partial charge in [0, 0.05) is 6.54 Å². The van der Waals surface area contributed by atoms with Crippen molar-refractivity contribution in [2.24, 2.45) is 5.73 Å². The highest BCUT2D eigenvalue weighted by atomic mass is 16.5. The Balaban J connectivity index is 2.57. The summed E-state index contributed by atoms with van der Waals surface area (Å²) in [6.07, 6.45) is 7.65. The quantitative estimate of drug-likeness (QED) is 0.736. The molecule has 0 saturated heterocycles. The predicted octanol–water partition coefficient (Wildman–Crippen LogP) is 1.78. The molecule has 4 nitrogen and oxygen atoms in total. The van der Waals surface area contributed by atoms with Gasteiger partial charge >= 0.3 is 6.09 Å². The number of nitrogens with one attached hydrogen (secondary N) is 1. The number of carbonyl (C=O) groups excluding carboxylic acids is 1. The first kappa shape index (κ1) is 12.3. The van der Waals surface area contributed by atoms with E-state index in [-0.39, 0.29) is 11.6 Å². The highest BCUT2D eigenvalue weighted by molar-refractivity contribution is 5.68. The van der Waals surface area contributed by atoms with Crippen LogP contribution in [0.15, 0.2) is 0 Å². The largest absolute Gasteiger partial charge is 0.453 e. The van der Waals surface area contributed by atoms with Gasteiger partial charge in [-0.1, -0.05) is 32.1 Å². The summed E-state index contributed by atoms with van der Waals surface area (Å²) in [4.78, 5) is 11.3. The Morgan fingerprint density at radius 2 is 1.80 bits per heavy atom. The van der Waals surface area contributed by atoms with Gasteiger partial charge in [-0.05, 0) is 12.8 Å². The molecule has 0 aliphatic heterocycles. The number of hydrogen-bond acceptors (Lipinski definition) is 3. The van der Waals surface area contributed by atoms with Crippen LogP contribution in [0, 0.1) is 0 Å². The molecule has 1 fully saturated rings. The zero-order chi connectivity index (χ0) is 11.1. The fourth-order valence-electron chi connectivity index (χ4n) is 2.23. The molecule has 4 heteroatoms. The highest BCUT2D eigenvalue weighted by Crippen LogP contribution is 2.25. The summed E-state index contributed by atoms with van der Waals surface area (Å²) in [5.74, 6) is 0. The van der Waals surface area contributed by atoms with Crippen LogP contribution >= 0.6 is 0 Å². The molecule has 0 atom stereocenters. The first-order valence-corrected chi connectivity index (χ1v) is 5.79. The van der Waals surface area contributed by atoms with Gasteiger partial charge in [0.15, 0.2) is 0 Å². The predicted molar refractivity (Wildman–Crippen MR) is 59.6 cm³/mol. The smallest absolute Gasteiger partial charge is 0.407 e. The molecule has 0 unspecified atom stereocenters. The molecule has 1 rings (SSSR count). The van der Waals surface area contributed by atoms with Crippen molar-refractivity contribution in [1.29, 1.82) is 0 Å². The van der Waals surface area contributed by atoms with Gasteiger partial charge in [0.2, 0.25) is 0 Å². The van der Waals surface area contributed by atoms with Gasteiger partial charge in [-0.2, -0.15) is 0 Å². The van der Waals surface area contributed by atoms with E-state index in [0.717, 1.165) is 25.7 Å². The fraction of sp³-hybridized carbons (Fsp3) is 0.909. The molecule has 88 valence electrons. The normalized spacial score (nSPS) is 21.2. The van der Waals surface area contributed by atoms with Crippen LogP contribution in [-0.2, 0) is 4.74 Å². The van der Waals surface area contributed by atoms with Crippen LogP contribution in [0.1, 0.15) is 44.9 Å². The van der Waals surface area contributed by atoms with Gasteiger partial charge in [-0.15, -0.1) is 0 Å². The van der Waals surface area contributed by atoms with Gasteiger partial charge in [0.05, 0.1) is 12.6 Å². The summed E-state index contributed by atoms with van der Waals surface area (Å²) in [5.41, 5.74) is 5.56. The standard InChI is InChI=1S/C11H22N2O2/c1-15-10(14)13-11(9-12)7-5-3-2-4-6-8-11/h2-9,12H2,1H3,(H,13,14). The molecule has 0 aromatic heterocycles. The minimum Gasteiger partial charge on any atom is -0.453 e. The Morgan fingerprint density at radius 1 is 1.27 bits per heavy atom. The van der Waals surface area contributed by atoms with E-state index in [1.54, 1.807) is 0 Å². The lowest BCUT2D eigenvalue weighted by Gasteiger charge is -2.34. The van der Waals surface area contributed by atoms with E-state index in [1.807, 2.05) is 0 Å². The molecule has 0 aromatic carbocycles. The van der Waals surface area contributed by atoms with Crippen molar-refractivity contribution >= 4 is 6.09 Å². The van der Waals surface area contributed by atoms with Gasteiger partial charge in [0.25, 0.3) is 0 Å². The van der Waals surface area contributed by atoms with E-state index in [4.69, 9.17) is 5.73 Å². The molecule has 15 heavy (non-hydrogen) atoms. The lowest BCUT2D eigenvalue weighted by Crippen LogP contribution is -2.53.